The van der Waals surface area contributed by atoms with Crippen molar-refractivity contribution in [3.8, 4) is 0 Å². The second-order valence-electron chi connectivity index (χ2n) is 4.53. The number of hydrogen-bond acceptors (Lipinski definition) is 6. The molecule has 7 heteroatoms. The summed E-state index contributed by atoms with van der Waals surface area (Å²) in [6, 6.07) is 6.04. The lowest BCUT2D eigenvalue weighted by Crippen LogP contribution is -2.21. The zero-order valence-corrected chi connectivity index (χ0v) is 11.5. The zero-order valence-electron chi connectivity index (χ0n) is 11.5. The van der Waals surface area contributed by atoms with E-state index in [0.29, 0.717) is 11.8 Å². The first-order valence-corrected chi connectivity index (χ1v) is 6.24. The van der Waals surface area contributed by atoms with Gasteiger partial charge in [0.2, 0.25) is 5.95 Å². The third kappa shape index (κ3) is 4.43. The third-order valence-corrected chi connectivity index (χ3v) is 2.52. The fourth-order valence-corrected chi connectivity index (χ4v) is 1.51. The summed E-state index contributed by atoms with van der Waals surface area (Å²) in [5.41, 5.74) is 0.742. The van der Waals surface area contributed by atoms with E-state index in [0.717, 1.165) is 18.8 Å². The second-order valence-corrected chi connectivity index (χ2v) is 4.53. The molecule has 2 N–H and O–H groups in total. The van der Waals surface area contributed by atoms with Crippen molar-refractivity contribution < 1.29 is 4.39 Å². The molecule has 0 radical (unpaired) electrons. The van der Waals surface area contributed by atoms with Crippen molar-refractivity contribution in [2.75, 3.05) is 37.8 Å². The molecule has 0 fully saturated rings. The molecule has 20 heavy (non-hydrogen) atoms. The van der Waals surface area contributed by atoms with E-state index in [1.807, 2.05) is 14.1 Å². The van der Waals surface area contributed by atoms with Crippen molar-refractivity contribution in [2.24, 2.45) is 0 Å². The number of anilines is 3. The summed E-state index contributed by atoms with van der Waals surface area (Å²) in [6.07, 6.45) is 1.51. The summed E-state index contributed by atoms with van der Waals surface area (Å²) in [5, 5.41) is 13.9. The highest BCUT2D eigenvalue weighted by Gasteiger charge is 2.01. The smallest absolute Gasteiger partial charge is 0.244 e. The van der Waals surface area contributed by atoms with E-state index in [4.69, 9.17) is 0 Å². The van der Waals surface area contributed by atoms with Crippen LogP contribution in [0.15, 0.2) is 30.5 Å². The highest BCUT2D eigenvalue weighted by Crippen LogP contribution is 2.14. The van der Waals surface area contributed by atoms with E-state index in [-0.39, 0.29) is 5.82 Å². The lowest BCUT2D eigenvalue weighted by molar-refractivity contribution is 0.425. The molecule has 106 valence electrons. The predicted octanol–water partition coefficient (Wildman–Crippen LogP) is 1.73. The highest BCUT2D eigenvalue weighted by molar-refractivity contribution is 5.55. The van der Waals surface area contributed by atoms with Gasteiger partial charge in [0.15, 0.2) is 5.82 Å². The molecule has 0 bridgehead atoms. The van der Waals surface area contributed by atoms with E-state index < -0.39 is 0 Å². The Bertz CT molecular complexity index is 543. The summed E-state index contributed by atoms with van der Waals surface area (Å²) >= 11 is 0. The Labute approximate surface area is 117 Å². The van der Waals surface area contributed by atoms with Gasteiger partial charge in [-0.25, -0.2) is 4.39 Å². The molecule has 1 aromatic carbocycles. The summed E-state index contributed by atoms with van der Waals surface area (Å²) in [4.78, 5) is 6.34. The summed E-state index contributed by atoms with van der Waals surface area (Å²) in [6.45, 7) is 1.60. The van der Waals surface area contributed by atoms with Crippen LogP contribution in [0, 0.1) is 5.82 Å². The monoisotopic (exact) mass is 276 g/mol. The van der Waals surface area contributed by atoms with Gasteiger partial charge in [-0.15, -0.1) is 5.10 Å². The van der Waals surface area contributed by atoms with E-state index >= 15 is 0 Å². The molecule has 2 rings (SSSR count). The predicted molar refractivity (Wildman–Crippen MR) is 76.6 cm³/mol. The third-order valence-electron chi connectivity index (χ3n) is 2.52. The van der Waals surface area contributed by atoms with Crippen LogP contribution in [-0.4, -0.2) is 47.3 Å². The van der Waals surface area contributed by atoms with Crippen LogP contribution in [0.4, 0.5) is 21.8 Å². The van der Waals surface area contributed by atoms with Gasteiger partial charge in [0.25, 0.3) is 0 Å². The average Bonchev–Trinajstić information content (AvgIpc) is 2.41. The molecular formula is C13H17FN6. The van der Waals surface area contributed by atoms with Crippen LogP contribution in [0.1, 0.15) is 0 Å². The van der Waals surface area contributed by atoms with Crippen molar-refractivity contribution in [2.45, 2.75) is 0 Å². The summed E-state index contributed by atoms with van der Waals surface area (Å²) in [5.74, 6) is 0.736. The van der Waals surface area contributed by atoms with Gasteiger partial charge >= 0.3 is 0 Å². The van der Waals surface area contributed by atoms with Crippen molar-refractivity contribution in [3.63, 3.8) is 0 Å². The average molecular weight is 276 g/mol. The lowest BCUT2D eigenvalue weighted by atomic mass is 10.3. The fraction of sp³-hybridized carbons (Fsp3) is 0.308. The number of nitrogens with zero attached hydrogens (tertiary/aromatic N) is 4. The van der Waals surface area contributed by atoms with Crippen molar-refractivity contribution in [1.29, 1.82) is 0 Å². The number of benzene rings is 1. The van der Waals surface area contributed by atoms with E-state index in [9.17, 15) is 4.39 Å². The van der Waals surface area contributed by atoms with E-state index in [1.165, 1.54) is 18.3 Å². The van der Waals surface area contributed by atoms with Gasteiger partial charge in [0.05, 0.1) is 6.20 Å². The SMILES string of the molecule is CN(C)CCNc1nncc(Nc2ccc(F)cc2)n1. The molecule has 2 aromatic rings. The minimum absolute atomic E-state index is 0.276. The Morgan fingerprint density at radius 2 is 1.95 bits per heavy atom. The Hall–Kier alpha value is -2.28. The maximum Gasteiger partial charge on any atom is 0.244 e. The van der Waals surface area contributed by atoms with Crippen LogP contribution in [0.5, 0.6) is 0 Å². The van der Waals surface area contributed by atoms with Gasteiger partial charge in [0.1, 0.15) is 5.82 Å². The van der Waals surface area contributed by atoms with Gasteiger partial charge in [-0.1, -0.05) is 0 Å². The number of hydrogen-bond donors (Lipinski definition) is 2. The number of aromatic nitrogens is 3. The molecule has 0 spiro atoms. The number of halogens is 1. The van der Waals surface area contributed by atoms with Crippen LogP contribution in [0.3, 0.4) is 0 Å². The summed E-state index contributed by atoms with van der Waals surface area (Å²) in [7, 11) is 3.99. The molecule has 0 saturated heterocycles. The molecule has 0 atom stereocenters. The van der Waals surface area contributed by atoms with Crippen LogP contribution < -0.4 is 10.6 Å². The Morgan fingerprint density at radius 1 is 1.20 bits per heavy atom. The van der Waals surface area contributed by atoms with Gasteiger partial charge in [-0.05, 0) is 38.4 Å². The Kier molecular flexibility index (Phi) is 4.78. The molecule has 0 aliphatic carbocycles. The van der Waals surface area contributed by atoms with E-state index in [1.54, 1.807) is 12.1 Å². The fourth-order valence-electron chi connectivity index (χ4n) is 1.51. The van der Waals surface area contributed by atoms with Gasteiger partial charge in [0, 0.05) is 18.8 Å². The van der Waals surface area contributed by atoms with Gasteiger partial charge < -0.3 is 15.5 Å². The number of nitrogens with one attached hydrogen (secondary N) is 2. The molecule has 6 nitrogen and oxygen atoms in total. The molecule has 1 heterocycles. The minimum Gasteiger partial charge on any atom is -0.352 e. The molecule has 0 aliphatic rings. The molecular weight excluding hydrogens is 259 g/mol. The molecule has 0 amide bonds. The Balaban J connectivity index is 1.96. The lowest BCUT2D eigenvalue weighted by Gasteiger charge is -2.10. The largest absolute Gasteiger partial charge is 0.352 e. The maximum atomic E-state index is 12.8. The van der Waals surface area contributed by atoms with Gasteiger partial charge in [-0.2, -0.15) is 10.1 Å². The minimum atomic E-state index is -0.276. The first kappa shape index (κ1) is 14.1. The molecule has 0 unspecified atom stereocenters. The number of likely N-dealkylation sites (N-methyl/N-ethyl adjacent to an activating group) is 1. The number of rotatable bonds is 6. The van der Waals surface area contributed by atoms with Crippen LogP contribution in [-0.2, 0) is 0 Å². The second kappa shape index (κ2) is 6.76. The zero-order chi connectivity index (χ0) is 14.4. The first-order valence-electron chi connectivity index (χ1n) is 6.24. The van der Waals surface area contributed by atoms with Crippen LogP contribution in [0.2, 0.25) is 0 Å². The highest BCUT2D eigenvalue weighted by atomic mass is 19.1. The van der Waals surface area contributed by atoms with Crippen molar-refractivity contribution >= 4 is 17.5 Å². The van der Waals surface area contributed by atoms with E-state index in [2.05, 4.69) is 30.7 Å². The first-order chi connectivity index (χ1) is 9.63. The van der Waals surface area contributed by atoms with Crippen molar-refractivity contribution in [3.05, 3.63) is 36.3 Å². The van der Waals surface area contributed by atoms with Crippen LogP contribution >= 0.6 is 0 Å². The summed E-state index contributed by atoms with van der Waals surface area (Å²) < 4.78 is 12.8. The molecule has 0 saturated carbocycles. The maximum absolute atomic E-state index is 12.8. The van der Waals surface area contributed by atoms with Gasteiger partial charge in [-0.3, -0.25) is 0 Å². The van der Waals surface area contributed by atoms with Crippen LogP contribution in [0.25, 0.3) is 0 Å². The Morgan fingerprint density at radius 3 is 2.65 bits per heavy atom. The standard InChI is InChI=1S/C13H17FN6/c1-20(2)8-7-15-13-18-12(9-16-19-13)17-11-5-3-10(14)4-6-11/h3-6,9H,7-8H2,1-2H3,(H2,15,17,18,19). The van der Waals surface area contributed by atoms with Crippen molar-refractivity contribution in [1.82, 2.24) is 20.1 Å². The normalized spacial score (nSPS) is 10.6. The quantitative estimate of drug-likeness (QED) is 0.837. The topological polar surface area (TPSA) is 66.0 Å². The molecule has 1 aromatic heterocycles. The molecule has 0 aliphatic heterocycles.